The molecule has 0 spiro atoms. The first-order valence-corrected chi connectivity index (χ1v) is 7.54. The second-order valence-electron chi connectivity index (χ2n) is 6.27. The number of amides is 2. The number of anilines is 2. The maximum absolute atomic E-state index is 12.9. The summed E-state index contributed by atoms with van der Waals surface area (Å²) in [5, 5.41) is 0. The first-order valence-electron chi connectivity index (χ1n) is 7.54. The molecule has 2 rings (SSSR count). The van der Waals surface area contributed by atoms with Crippen molar-refractivity contribution in [2.45, 2.75) is 40.7 Å². The van der Waals surface area contributed by atoms with Crippen LogP contribution in [0.2, 0.25) is 0 Å². The number of hydrogen-bond donors (Lipinski definition) is 0. The van der Waals surface area contributed by atoms with Crippen LogP contribution in [0, 0.1) is 11.8 Å². The van der Waals surface area contributed by atoms with Crippen LogP contribution in [0.15, 0.2) is 24.3 Å². The molecule has 1 aromatic rings. The first-order chi connectivity index (χ1) is 9.84. The van der Waals surface area contributed by atoms with Gasteiger partial charge in [-0.2, -0.15) is 0 Å². The summed E-state index contributed by atoms with van der Waals surface area (Å²) in [6.07, 6.45) is 0. The Morgan fingerprint density at radius 2 is 1.71 bits per heavy atom. The highest BCUT2D eigenvalue weighted by Crippen LogP contribution is 2.36. The van der Waals surface area contributed by atoms with Gasteiger partial charge in [-0.1, -0.05) is 26.0 Å². The lowest BCUT2D eigenvalue weighted by Gasteiger charge is -2.29. The van der Waals surface area contributed by atoms with Gasteiger partial charge in [0.1, 0.15) is 0 Å². The van der Waals surface area contributed by atoms with E-state index in [0.29, 0.717) is 6.54 Å². The van der Waals surface area contributed by atoms with Crippen molar-refractivity contribution >= 4 is 23.2 Å². The quantitative estimate of drug-likeness (QED) is 0.839. The zero-order chi connectivity index (χ0) is 15.7. The predicted octanol–water partition coefficient (Wildman–Crippen LogP) is 3.07. The van der Waals surface area contributed by atoms with Gasteiger partial charge in [-0.25, -0.2) is 0 Å². The molecule has 2 amide bonds. The third-order valence-electron chi connectivity index (χ3n) is 4.07. The Morgan fingerprint density at radius 1 is 1.14 bits per heavy atom. The van der Waals surface area contributed by atoms with Gasteiger partial charge in [0.25, 0.3) is 0 Å². The van der Waals surface area contributed by atoms with Crippen LogP contribution in [0.25, 0.3) is 0 Å². The average Bonchev–Trinajstić information content (AvgIpc) is 2.52. The molecule has 114 valence electrons. The van der Waals surface area contributed by atoms with Gasteiger partial charge in [-0.15, -0.1) is 0 Å². The summed E-state index contributed by atoms with van der Waals surface area (Å²) in [5.41, 5.74) is 1.66. The Balaban J connectivity index is 2.63. The Hall–Kier alpha value is -1.84. The molecule has 0 bridgehead atoms. The number of benzene rings is 1. The van der Waals surface area contributed by atoms with Gasteiger partial charge < -0.3 is 9.80 Å². The third kappa shape index (κ3) is 2.80. The molecule has 0 N–H and O–H groups in total. The minimum atomic E-state index is -0.177. The summed E-state index contributed by atoms with van der Waals surface area (Å²) < 4.78 is 0. The van der Waals surface area contributed by atoms with Crippen molar-refractivity contribution in [3.63, 3.8) is 0 Å². The van der Waals surface area contributed by atoms with E-state index in [2.05, 4.69) is 0 Å². The maximum atomic E-state index is 12.9. The summed E-state index contributed by atoms with van der Waals surface area (Å²) >= 11 is 0. The zero-order valence-corrected chi connectivity index (χ0v) is 13.5. The minimum Gasteiger partial charge on any atom is -0.310 e. The minimum absolute atomic E-state index is 0.0218. The largest absolute Gasteiger partial charge is 0.310 e. The van der Waals surface area contributed by atoms with Crippen LogP contribution in [0.3, 0.4) is 0 Å². The Kier molecular flexibility index (Phi) is 4.35. The lowest BCUT2D eigenvalue weighted by molar-refractivity contribution is -0.123. The highest BCUT2D eigenvalue weighted by Gasteiger charge is 2.37. The van der Waals surface area contributed by atoms with Gasteiger partial charge in [-0.05, 0) is 31.9 Å². The van der Waals surface area contributed by atoms with Crippen LogP contribution in [0.4, 0.5) is 11.4 Å². The number of carbonyl (C=O) groups is 2. The highest BCUT2D eigenvalue weighted by atomic mass is 16.2. The fraction of sp³-hybridized carbons (Fsp3) is 0.529. The van der Waals surface area contributed by atoms with Crippen molar-refractivity contribution < 1.29 is 9.59 Å². The normalized spacial score (nSPS) is 19.0. The molecule has 0 radical (unpaired) electrons. The van der Waals surface area contributed by atoms with Gasteiger partial charge in [-0.3, -0.25) is 9.59 Å². The van der Waals surface area contributed by atoms with Gasteiger partial charge in [0.2, 0.25) is 11.8 Å². The van der Waals surface area contributed by atoms with E-state index in [1.54, 1.807) is 11.8 Å². The van der Waals surface area contributed by atoms with Crippen LogP contribution in [-0.4, -0.2) is 24.4 Å². The van der Waals surface area contributed by atoms with Gasteiger partial charge in [0.05, 0.1) is 17.3 Å². The van der Waals surface area contributed by atoms with Crippen molar-refractivity contribution in [1.29, 1.82) is 0 Å². The molecule has 0 saturated carbocycles. The number of hydrogen-bond acceptors (Lipinski definition) is 2. The molecule has 1 aromatic carbocycles. The first kappa shape index (κ1) is 15.5. The van der Waals surface area contributed by atoms with Crippen molar-refractivity contribution in [2.75, 3.05) is 16.3 Å². The van der Waals surface area contributed by atoms with E-state index >= 15 is 0 Å². The summed E-state index contributed by atoms with van der Waals surface area (Å²) in [7, 11) is 0. The molecule has 21 heavy (non-hydrogen) atoms. The van der Waals surface area contributed by atoms with E-state index in [-0.39, 0.29) is 29.7 Å². The number of nitrogens with zero attached hydrogens (tertiary/aromatic N) is 2. The maximum Gasteiger partial charge on any atom is 0.232 e. The van der Waals surface area contributed by atoms with Crippen molar-refractivity contribution in [2.24, 2.45) is 11.8 Å². The molecule has 1 heterocycles. The van der Waals surface area contributed by atoms with E-state index in [1.807, 2.05) is 56.9 Å². The predicted molar refractivity (Wildman–Crippen MR) is 85.4 cm³/mol. The second-order valence-corrected chi connectivity index (χ2v) is 6.27. The lowest BCUT2D eigenvalue weighted by atomic mass is 9.93. The molecule has 0 aromatic heterocycles. The summed E-state index contributed by atoms with van der Waals surface area (Å²) in [6, 6.07) is 7.73. The molecule has 0 aliphatic carbocycles. The average molecular weight is 288 g/mol. The SMILES string of the molecule is CC(=O)N1C[C@H](C(C)C)C(=O)N(C(C)C)c2ccccc21. The van der Waals surface area contributed by atoms with Crippen LogP contribution >= 0.6 is 0 Å². The van der Waals surface area contributed by atoms with E-state index in [4.69, 9.17) is 0 Å². The highest BCUT2D eigenvalue weighted by molar-refractivity contribution is 6.05. The molecule has 1 aliphatic rings. The van der Waals surface area contributed by atoms with Crippen LogP contribution < -0.4 is 9.80 Å². The topological polar surface area (TPSA) is 40.6 Å². The van der Waals surface area contributed by atoms with Crippen LogP contribution in [0.1, 0.15) is 34.6 Å². The van der Waals surface area contributed by atoms with E-state index < -0.39 is 0 Å². The van der Waals surface area contributed by atoms with Crippen molar-refractivity contribution in [1.82, 2.24) is 0 Å². The number of carbonyl (C=O) groups excluding carboxylic acids is 2. The standard InChI is InChI=1S/C17H24N2O2/c1-11(2)14-10-18(13(5)20)15-8-6-7-9-16(15)19(12(3)4)17(14)21/h6-9,11-12,14H,10H2,1-5H3/t14-/m1/s1. The monoisotopic (exact) mass is 288 g/mol. The molecular weight excluding hydrogens is 264 g/mol. The number of fused-ring (bicyclic) bond motifs is 1. The zero-order valence-electron chi connectivity index (χ0n) is 13.5. The van der Waals surface area contributed by atoms with Gasteiger partial charge in [0.15, 0.2) is 0 Å². The summed E-state index contributed by atoms with van der Waals surface area (Å²) in [4.78, 5) is 28.6. The molecule has 4 heteroatoms. The lowest BCUT2D eigenvalue weighted by Crippen LogP contribution is -2.44. The fourth-order valence-corrected chi connectivity index (χ4v) is 2.89. The summed E-state index contributed by atoms with van der Waals surface area (Å²) in [6.45, 7) is 10.1. The molecule has 0 fully saturated rings. The number of rotatable bonds is 2. The Bertz CT molecular complexity index is 551. The van der Waals surface area contributed by atoms with Gasteiger partial charge >= 0.3 is 0 Å². The molecule has 1 aliphatic heterocycles. The smallest absolute Gasteiger partial charge is 0.232 e. The van der Waals surface area contributed by atoms with E-state index in [9.17, 15) is 9.59 Å². The van der Waals surface area contributed by atoms with E-state index in [1.165, 1.54) is 0 Å². The molecule has 1 atom stereocenters. The summed E-state index contributed by atoms with van der Waals surface area (Å²) in [5.74, 6) is 0.0984. The van der Waals surface area contributed by atoms with Crippen LogP contribution in [0.5, 0.6) is 0 Å². The number of para-hydroxylation sites is 2. The van der Waals surface area contributed by atoms with Crippen LogP contribution in [-0.2, 0) is 9.59 Å². The van der Waals surface area contributed by atoms with Crippen molar-refractivity contribution in [3.05, 3.63) is 24.3 Å². The molecular formula is C17H24N2O2. The fourth-order valence-electron chi connectivity index (χ4n) is 2.89. The Labute approximate surface area is 126 Å². The molecule has 4 nitrogen and oxygen atoms in total. The van der Waals surface area contributed by atoms with E-state index in [0.717, 1.165) is 11.4 Å². The molecule has 0 unspecified atom stereocenters. The molecule has 0 saturated heterocycles. The Morgan fingerprint density at radius 3 is 2.19 bits per heavy atom. The third-order valence-corrected chi connectivity index (χ3v) is 4.07. The second kappa shape index (κ2) is 5.88. The van der Waals surface area contributed by atoms with Gasteiger partial charge in [0, 0.05) is 19.5 Å². The van der Waals surface area contributed by atoms with Crippen molar-refractivity contribution in [3.8, 4) is 0 Å².